The highest BCUT2D eigenvalue weighted by Gasteiger charge is 2.62. The number of nitrogens with zero attached hydrogens (tertiary/aromatic N) is 7. The van der Waals surface area contributed by atoms with Crippen molar-refractivity contribution in [1.82, 2.24) is 9.80 Å². The van der Waals surface area contributed by atoms with Gasteiger partial charge in [-0.25, -0.2) is 37.9 Å². The van der Waals surface area contributed by atoms with E-state index >= 15 is 0 Å². The van der Waals surface area contributed by atoms with Crippen molar-refractivity contribution < 1.29 is 46.5 Å². The lowest BCUT2D eigenvalue weighted by atomic mass is 9.90. The second kappa shape index (κ2) is 22.6. The maximum atomic E-state index is 13.5. The van der Waals surface area contributed by atoms with Gasteiger partial charge in [0.15, 0.2) is 0 Å². The minimum atomic E-state index is -3.36. The number of azo groups is 1. The van der Waals surface area contributed by atoms with Crippen LogP contribution in [0.5, 0.6) is 0 Å². The van der Waals surface area contributed by atoms with Crippen LogP contribution in [0.2, 0.25) is 0 Å². The van der Waals surface area contributed by atoms with Crippen LogP contribution in [0, 0.1) is 13.8 Å². The van der Waals surface area contributed by atoms with Crippen LogP contribution in [0.3, 0.4) is 0 Å². The van der Waals surface area contributed by atoms with Crippen molar-refractivity contribution in [1.29, 1.82) is 0 Å². The number of methoxy groups -OCH3 is 2. The first kappa shape index (κ1) is 52.0. The van der Waals surface area contributed by atoms with Crippen molar-refractivity contribution in [2.24, 2.45) is 16.1 Å². The zero-order chi connectivity index (χ0) is 52.6. The number of ether oxygens (including phenoxy) is 4. The molecular weight excluding hydrogens is 965 g/mol. The molecule has 2 fully saturated rings. The van der Waals surface area contributed by atoms with E-state index in [1.54, 1.807) is 34.1 Å². The highest BCUT2D eigenvalue weighted by molar-refractivity contribution is 7.92. The number of fused-ring (bicyclic) bond motifs is 6. The third-order valence-corrected chi connectivity index (χ3v) is 14.1. The van der Waals surface area contributed by atoms with Gasteiger partial charge < -0.3 is 18.9 Å². The molecule has 2 unspecified atom stereocenters. The lowest BCUT2D eigenvalue weighted by Gasteiger charge is -2.33. The number of nitrogens with two attached hydrogens (primary N) is 1. The highest BCUT2D eigenvalue weighted by Crippen LogP contribution is 2.54. The van der Waals surface area contributed by atoms with Crippen LogP contribution in [0.4, 0.5) is 41.9 Å². The first-order valence-corrected chi connectivity index (χ1v) is 25.7. The Bertz CT molecular complexity index is 3090. The first-order chi connectivity index (χ1) is 35.6. The fourth-order valence-electron chi connectivity index (χ4n) is 9.59. The van der Waals surface area contributed by atoms with E-state index in [0.717, 1.165) is 56.2 Å². The Kier molecular flexibility index (Phi) is 15.9. The third kappa shape index (κ3) is 11.0. The lowest BCUT2D eigenvalue weighted by Crippen LogP contribution is -2.53. The summed E-state index contributed by atoms with van der Waals surface area (Å²) in [5.41, 5.74) is 7.53. The van der Waals surface area contributed by atoms with Gasteiger partial charge in [-0.3, -0.25) is 19.6 Å². The van der Waals surface area contributed by atoms with Crippen molar-refractivity contribution in [3.8, 4) is 0 Å². The molecule has 0 saturated carbocycles. The number of amides is 4. The van der Waals surface area contributed by atoms with E-state index in [-0.39, 0.29) is 19.1 Å². The number of hydrazine groups is 1. The third-order valence-electron chi connectivity index (χ3n) is 13.2. The predicted octanol–water partition coefficient (Wildman–Crippen LogP) is 10.3. The van der Waals surface area contributed by atoms with Crippen molar-refractivity contribution in [2.45, 2.75) is 63.7 Å². The van der Waals surface area contributed by atoms with Gasteiger partial charge in [-0.1, -0.05) is 132 Å². The molecule has 2 saturated heterocycles. The smallest absolute Gasteiger partial charge is 0.416 e. The Morgan fingerprint density at radius 1 is 0.635 bits per heavy atom. The van der Waals surface area contributed by atoms with Gasteiger partial charge in [0.2, 0.25) is 10.0 Å². The second-order valence-electron chi connectivity index (χ2n) is 18.0. The summed E-state index contributed by atoms with van der Waals surface area (Å²) in [4.78, 5) is 57.6. The maximum Gasteiger partial charge on any atom is 0.416 e. The number of anilines is 3. The van der Waals surface area contributed by atoms with Gasteiger partial charge in [-0.05, 0) is 73.4 Å². The van der Waals surface area contributed by atoms with Gasteiger partial charge >= 0.3 is 24.4 Å². The summed E-state index contributed by atoms with van der Waals surface area (Å²) in [6, 6.07) is 48.9. The molecule has 0 radical (unpaired) electrons. The van der Waals surface area contributed by atoms with Crippen LogP contribution in [0.1, 0.15) is 52.1 Å². The number of carbonyl (C=O) groups excluding carboxylic acids is 4. The highest BCUT2D eigenvalue weighted by atomic mass is 32.2. The average Bonchev–Trinajstić information content (AvgIpc) is 4.18. The van der Waals surface area contributed by atoms with E-state index < -0.39 is 52.3 Å². The van der Waals surface area contributed by atoms with Crippen LogP contribution in [0.25, 0.3) is 0 Å². The summed E-state index contributed by atoms with van der Waals surface area (Å²) in [5, 5.41) is 9.34. The monoisotopic (exact) mass is 1020 g/mol. The number of aryl methyl sites for hydroxylation is 2. The van der Waals surface area contributed by atoms with Gasteiger partial charge in [0, 0.05) is 31.0 Å². The fraction of sp³-hybridized carbons (Fsp3) is 0.273. The molecule has 6 aromatic rings. The molecule has 384 valence electrons. The van der Waals surface area contributed by atoms with Gasteiger partial charge in [0.05, 0.1) is 43.2 Å². The number of para-hydroxylation sites is 2. The molecule has 0 spiro atoms. The Balaban J connectivity index is 0.000000164. The first-order valence-electron chi connectivity index (χ1n) is 23.8. The second-order valence-corrected chi connectivity index (χ2v) is 19.9. The number of likely N-dealkylation sites (tertiary alicyclic amines) is 2. The minimum Gasteiger partial charge on any atom is -0.453 e. The molecular formula is C55H58N8O10S. The van der Waals surface area contributed by atoms with E-state index in [2.05, 4.69) is 5.11 Å². The Morgan fingerprint density at radius 3 is 1.73 bits per heavy atom. The van der Waals surface area contributed by atoms with Gasteiger partial charge in [0.1, 0.15) is 31.1 Å². The molecule has 2 N–H and O–H groups in total. The lowest BCUT2D eigenvalue weighted by molar-refractivity contribution is 0.104. The summed E-state index contributed by atoms with van der Waals surface area (Å²) >= 11 is 0. The van der Waals surface area contributed by atoms with Gasteiger partial charge in [0.25, 0.3) is 0 Å². The normalized spacial score (nSPS) is 18.9. The molecule has 74 heavy (non-hydrogen) atoms. The number of benzene rings is 6. The number of carbonyl (C=O) groups is 4. The van der Waals surface area contributed by atoms with Crippen LogP contribution in [-0.4, -0.2) is 88.5 Å². The Hall–Kier alpha value is -8.29. The summed E-state index contributed by atoms with van der Waals surface area (Å²) in [6.45, 7) is 5.15. The topological polar surface area (TPSA) is 206 Å². The predicted molar refractivity (Wildman–Crippen MR) is 279 cm³/mol. The summed E-state index contributed by atoms with van der Waals surface area (Å²) < 4.78 is 44.0. The van der Waals surface area contributed by atoms with E-state index in [1.807, 2.05) is 147 Å². The number of rotatable bonds is 8. The summed E-state index contributed by atoms with van der Waals surface area (Å²) in [7, 11) is -0.671. The van der Waals surface area contributed by atoms with E-state index in [0.29, 0.717) is 36.6 Å². The molecule has 4 aliphatic heterocycles. The van der Waals surface area contributed by atoms with Crippen molar-refractivity contribution in [3.63, 3.8) is 0 Å². The molecule has 0 aliphatic carbocycles. The molecule has 4 amide bonds. The van der Waals surface area contributed by atoms with E-state index in [9.17, 15) is 27.6 Å². The van der Waals surface area contributed by atoms with Crippen LogP contribution >= 0.6 is 0 Å². The molecule has 4 heterocycles. The summed E-state index contributed by atoms with van der Waals surface area (Å²) in [6.07, 6.45) is -0.789. The molecule has 18 nitrogen and oxygen atoms in total. The van der Waals surface area contributed by atoms with Crippen molar-refractivity contribution in [2.75, 3.05) is 47.8 Å². The van der Waals surface area contributed by atoms with Crippen LogP contribution in [-0.2, 0) is 47.7 Å². The maximum absolute atomic E-state index is 13.5. The quantitative estimate of drug-likeness (QED) is 0.0657. The SMILES string of the molecule is COC(=O)N1CC[C@@H]2c3ccccc3N(C(=O)OCc3ccccc3)C21.COC(=O)N1CC[C@]2(N=Nc3ccc(C)cc3)c3ccccc3N(C(=O)OCc3ccccc3)C12.Cc1ccc(N(N)S(C)(=O)=O)cc1. The Labute approximate surface area is 430 Å². The van der Waals surface area contributed by atoms with E-state index in [1.165, 1.54) is 24.0 Å². The van der Waals surface area contributed by atoms with Crippen LogP contribution < -0.4 is 20.1 Å². The van der Waals surface area contributed by atoms with Gasteiger partial charge in [-0.2, -0.15) is 10.2 Å². The summed E-state index contributed by atoms with van der Waals surface area (Å²) in [5.74, 6) is 5.45. The molecule has 0 bridgehead atoms. The van der Waals surface area contributed by atoms with Crippen molar-refractivity contribution >= 4 is 57.1 Å². The zero-order valence-corrected chi connectivity index (χ0v) is 42.5. The Morgan fingerprint density at radius 2 is 1.15 bits per heavy atom. The molecule has 6 aromatic carbocycles. The molecule has 0 aromatic heterocycles. The van der Waals surface area contributed by atoms with Gasteiger partial charge in [-0.15, -0.1) is 0 Å². The van der Waals surface area contributed by atoms with Crippen molar-refractivity contribution in [3.05, 3.63) is 191 Å². The molecule has 19 heteroatoms. The molecule has 4 aliphatic rings. The zero-order valence-electron chi connectivity index (χ0n) is 41.7. The minimum absolute atomic E-state index is 0.0783. The van der Waals surface area contributed by atoms with Crippen LogP contribution in [0.15, 0.2) is 168 Å². The number of hydrogen-bond acceptors (Lipinski definition) is 13. The number of hydrogen-bond donors (Lipinski definition) is 1. The largest absolute Gasteiger partial charge is 0.453 e. The number of sulfonamides is 1. The average molecular weight is 1020 g/mol. The fourth-order valence-corrected chi connectivity index (χ4v) is 10.1. The molecule has 4 atom stereocenters. The van der Waals surface area contributed by atoms with E-state index in [4.69, 9.17) is 29.9 Å². The molecule has 10 rings (SSSR count). The standard InChI is InChI=1S/C27H26N4O4.C20H20N2O4.C8H12N2O2S/c1-19-12-14-21(15-13-19)28-29-27-16-17-30(25(32)34-2)24(27)31(23-11-7-6-10-22(23)27)26(33)35-18-20-8-4-3-5-9-20;1-25-19(23)21-12-11-16-15-9-5-6-10-17(15)22(18(16)21)20(24)26-13-14-7-3-2-4-8-14;1-7-3-5-8(6-4-7)10(9)13(2,11)12/h3-15,24H,16-18H2,1-2H3;2-10,16,18H,11-13H2,1H3;3-6H,9H2,1-2H3/t24?,27-;16-,18?;/m01./s1.